The molecule has 1 aliphatic rings. The smallest absolute Gasteiger partial charge is 0.0755 e. The second-order valence-corrected chi connectivity index (χ2v) is 7.00. The summed E-state index contributed by atoms with van der Waals surface area (Å²) in [6.07, 6.45) is 2.41. The lowest BCUT2D eigenvalue weighted by atomic mass is 10.1. The molecule has 0 N–H and O–H groups in total. The number of halogens is 3. The van der Waals surface area contributed by atoms with Gasteiger partial charge >= 0.3 is 0 Å². The molecule has 23 heavy (non-hydrogen) atoms. The van der Waals surface area contributed by atoms with Crippen molar-refractivity contribution in [3.05, 3.63) is 63.1 Å². The number of ether oxygens (including phenoxy) is 1. The number of anilines is 1. The monoisotopic (exact) mass is 369 g/mol. The van der Waals surface area contributed by atoms with Gasteiger partial charge in [0, 0.05) is 23.8 Å². The SMILES string of the molecule is Clc1ccc(N2CCCC(OCc3ccc(Cl)c(Cl)c3)C2)cc1. The molecule has 0 spiro atoms. The van der Waals surface area contributed by atoms with Gasteiger partial charge in [0.25, 0.3) is 0 Å². The molecule has 1 fully saturated rings. The predicted molar refractivity (Wildman–Crippen MR) is 97.9 cm³/mol. The third-order valence-electron chi connectivity index (χ3n) is 4.04. The number of hydrogen-bond donors (Lipinski definition) is 0. The van der Waals surface area contributed by atoms with Crippen molar-refractivity contribution < 1.29 is 4.74 Å². The van der Waals surface area contributed by atoms with Crippen LogP contribution in [0.15, 0.2) is 42.5 Å². The number of benzene rings is 2. The number of nitrogens with zero attached hydrogens (tertiary/aromatic N) is 1. The van der Waals surface area contributed by atoms with Crippen LogP contribution >= 0.6 is 34.8 Å². The van der Waals surface area contributed by atoms with E-state index in [1.54, 1.807) is 0 Å². The van der Waals surface area contributed by atoms with Gasteiger partial charge in [-0.05, 0) is 54.8 Å². The second kappa shape index (κ2) is 7.76. The summed E-state index contributed by atoms with van der Waals surface area (Å²) >= 11 is 17.9. The van der Waals surface area contributed by atoms with E-state index in [2.05, 4.69) is 17.0 Å². The van der Waals surface area contributed by atoms with Crippen LogP contribution in [0.2, 0.25) is 15.1 Å². The van der Waals surface area contributed by atoms with E-state index in [0.29, 0.717) is 16.7 Å². The molecule has 1 saturated heterocycles. The van der Waals surface area contributed by atoms with Crippen LogP contribution in [0.3, 0.4) is 0 Å². The van der Waals surface area contributed by atoms with Crippen LogP contribution in [-0.4, -0.2) is 19.2 Å². The summed E-state index contributed by atoms with van der Waals surface area (Å²) in [7, 11) is 0. The Kier molecular flexibility index (Phi) is 5.71. The van der Waals surface area contributed by atoms with E-state index in [1.807, 2.05) is 30.3 Å². The maximum absolute atomic E-state index is 6.07. The highest BCUT2D eigenvalue weighted by Gasteiger charge is 2.20. The predicted octanol–water partition coefficient (Wildman–Crippen LogP) is 5.83. The minimum absolute atomic E-state index is 0.217. The van der Waals surface area contributed by atoms with Crippen molar-refractivity contribution >= 4 is 40.5 Å². The van der Waals surface area contributed by atoms with Gasteiger partial charge in [-0.1, -0.05) is 40.9 Å². The first-order valence-electron chi connectivity index (χ1n) is 7.68. The van der Waals surface area contributed by atoms with Crippen LogP contribution < -0.4 is 4.90 Å². The van der Waals surface area contributed by atoms with Crippen LogP contribution in [0.1, 0.15) is 18.4 Å². The highest BCUT2D eigenvalue weighted by atomic mass is 35.5. The van der Waals surface area contributed by atoms with Gasteiger partial charge in [-0.25, -0.2) is 0 Å². The van der Waals surface area contributed by atoms with Crippen LogP contribution in [0, 0.1) is 0 Å². The van der Waals surface area contributed by atoms with Crippen molar-refractivity contribution in [2.45, 2.75) is 25.6 Å². The van der Waals surface area contributed by atoms with Crippen molar-refractivity contribution in [1.82, 2.24) is 0 Å². The Balaban J connectivity index is 1.58. The van der Waals surface area contributed by atoms with E-state index in [-0.39, 0.29) is 6.10 Å². The van der Waals surface area contributed by atoms with E-state index in [4.69, 9.17) is 39.5 Å². The molecule has 0 amide bonds. The van der Waals surface area contributed by atoms with Crippen LogP contribution in [0.25, 0.3) is 0 Å². The van der Waals surface area contributed by atoms with Crippen molar-refractivity contribution in [2.75, 3.05) is 18.0 Å². The summed E-state index contributed by atoms with van der Waals surface area (Å²) < 4.78 is 6.07. The van der Waals surface area contributed by atoms with Crippen molar-refractivity contribution in [1.29, 1.82) is 0 Å². The summed E-state index contributed by atoms with van der Waals surface area (Å²) in [6, 6.07) is 13.6. The lowest BCUT2D eigenvalue weighted by molar-refractivity contribution is 0.0316. The van der Waals surface area contributed by atoms with Gasteiger partial charge in [-0.3, -0.25) is 0 Å². The first-order chi connectivity index (χ1) is 11.1. The van der Waals surface area contributed by atoms with E-state index in [9.17, 15) is 0 Å². The minimum Gasteiger partial charge on any atom is -0.372 e. The first-order valence-corrected chi connectivity index (χ1v) is 8.81. The Labute approximate surface area is 151 Å². The second-order valence-electron chi connectivity index (χ2n) is 5.75. The average molecular weight is 371 g/mol. The molecule has 0 bridgehead atoms. The van der Waals surface area contributed by atoms with Gasteiger partial charge in [-0.15, -0.1) is 0 Å². The number of hydrogen-bond acceptors (Lipinski definition) is 2. The van der Waals surface area contributed by atoms with Crippen molar-refractivity contribution in [2.24, 2.45) is 0 Å². The molecule has 5 heteroatoms. The average Bonchev–Trinajstić information content (AvgIpc) is 2.57. The highest BCUT2D eigenvalue weighted by Crippen LogP contribution is 2.25. The lowest BCUT2D eigenvalue weighted by Crippen LogP contribution is -2.39. The van der Waals surface area contributed by atoms with E-state index in [1.165, 1.54) is 5.69 Å². The Morgan fingerprint density at radius 3 is 2.52 bits per heavy atom. The Bertz CT molecular complexity index is 660. The molecule has 0 aliphatic carbocycles. The molecule has 0 aromatic heterocycles. The van der Waals surface area contributed by atoms with Gasteiger partial charge in [0.2, 0.25) is 0 Å². The lowest BCUT2D eigenvalue weighted by Gasteiger charge is -2.34. The van der Waals surface area contributed by atoms with Crippen LogP contribution in [0.5, 0.6) is 0 Å². The quantitative estimate of drug-likeness (QED) is 0.671. The topological polar surface area (TPSA) is 12.5 Å². The first kappa shape index (κ1) is 16.9. The molecular formula is C18H18Cl3NO. The fraction of sp³-hybridized carbons (Fsp3) is 0.333. The molecule has 2 nitrogen and oxygen atoms in total. The molecule has 0 saturated carbocycles. The molecule has 3 rings (SSSR count). The summed E-state index contributed by atoms with van der Waals surface area (Å²) in [5.41, 5.74) is 2.24. The van der Waals surface area contributed by atoms with Gasteiger partial charge in [0.15, 0.2) is 0 Å². The van der Waals surface area contributed by atoms with Gasteiger partial charge in [0.1, 0.15) is 0 Å². The summed E-state index contributed by atoms with van der Waals surface area (Å²) in [5, 5.41) is 1.90. The Morgan fingerprint density at radius 2 is 1.78 bits per heavy atom. The summed E-state index contributed by atoms with van der Waals surface area (Å²) in [5.74, 6) is 0. The minimum atomic E-state index is 0.217. The fourth-order valence-electron chi connectivity index (χ4n) is 2.80. The fourth-order valence-corrected chi connectivity index (χ4v) is 3.25. The summed E-state index contributed by atoms with van der Waals surface area (Å²) in [6.45, 7) is 2.49. The highest BCUT2D eigenvalue weighted by molar-refractivity contribution is 6.42. The van der Waals surface area contributed by atoms with Crippen molar-refractivity contribution in [3.63, 3.8) is 0 Å². The third-order valence-corrected chi connectivity index (χ3v) is 5.03. The normalized spacial score (nSPS) is 18.2. The number of rotatable bonds is 4. The van der Waals surface area contributed by atoms with E-state index < -0.39 is 0 Å². The molecule has 122 valence electrons. The molecule has 1 heterocycles. The van der Waals surface area contributed by atoms with Gasteiger partial charge < -0.3 is 9.64 Å². The van der Waals surface area contributed by atoms with Gasteiger partial charge in [0.05, 0.1) is 22.8 Å². The van der Waals surface area contributed by atoms with Crippen LogP contribution in [-0.2, 0) is 11.3 Å². The van der Waals surface area contributed by atoms with E-state index in [0.717, 1.165) is 36.5 Å². The molecule has 1 unspecified atom stereocenters. The standard InChI is InChI=1S/C18H18Cl3NO/c19-14-4-6-15(7-5-14)22-9-1-2-16(11-22)23-12-13-3-8-17(20)18(21)10-13/h3-8,10,16H,1-2,9,11-12H2. The largest absolute Gasteiger partial charge is 0.372 e. The summed E-state index contributed by atoms with van der Waals surface area (Å²) in [4.78, 5) is 2.35. The molecule has 2 aromatic carbocycles. The van der Waals surface area contributed by atoms with Crippen molar-refractivity contribution in [3.8, 4) is 0 Å². The maximum atomic E-state index is 6.07. The molecule has 0 radical (unpaired) electrons. The number of piperidine rings is 1. The Morgan fingerprint density at radius 1 is 1.00 bits per heavy atom. The Hall–Kier alpha value is -0.930. The van der Waals surface area contributed by atoms with Gasteiger partial charge in [-0.2, -0.15) is 0 Å². The molecular weight excluding hydrogens is 353 g/mol. The maximum Gasteiger partial charge on any atom is 0.0755 e. The molecule has 1 aliphatic heterocycles. The van der Waals surface area contributed by atoms with E-state index >= 15 is 0 Å². The zero-order chi connectivity index (χ0) is 16.2. The molecule has 2 aromatic rings. The zero-order valence-corrected chi connectivity index (χ0v) is 14.9. The third kappa shape index (κ3) is 4.54. The molecule has 1 atom stereocenters. The zero-order valence-electron chi connectivity index (χ0n) is 12.6. The van der Waals surface area contributed by atoms with Crippen LogP contribution in [0.4, 0.5) is 5.69 Å².